The predicted octanol–water partition coefficient (Wildman–Crippen LogP) is 3.72. The molecule has 2 aromatic carbocycles. The maximum absolute atomic E-state index is 12.7. The summed E-state index contributed by atoms with van der Waals surface area (Å²) < 4.78 is 43.5. The summed E-state index contributed by atoms with van der Waals surface area (Å²) in [6.45, 7) is 4.13. The van der Waals surface area contributed by atoms with E-state index in [1.807, 2.05) is 24.3 Å². The van der Waals surface area contributed by atoms with E-state index < -0.39 is 11.7 Å². The molecule has 1 aliphatic rings. The van der Waals surface area contributed by atoms with E-state index in [0.29, 0.717) is 0 Å². The summed E-state index contributed by atoms with van der Waals surface area (Å²) in [5.41, 5.74) is 1.32. The average molecular weight is 378 g/mol. The Hall–Kier alpha value is -2.38. The minimum atomic E-state index is -4.43. The second-order valence-corrected chi connectivity index (χ2v) is 6.51. The highest BCUT2D eigenvalue weighted by Crippen LogP contribution is 2.30. The molecule has 4 nitrogen and oxygen atoms in total. The lowest BCUT2D eigenvalue weighted by Crippen LogP contribution is -2.35. The molecule has 0 aliphatic carbocycles. The summed E-state index contributed by atoms with van der Waals surface area (Å²) >= 11 is 0. The Morgan fingerprint density at radius 2 is 1.70 bits per heavy atom. The van der Waals surface area contributed by atoms with Crippen molar-refractivity contribution in [3.8, 4) is 0 Å². The van der Waals surface area contributed by atoms with E-state index in [2.05, 4.69) is 10.2 Å². The van der Waals surface area contributed by atoms with Crippen molar-refractivity contribution >= 4 is 11.6 Å². The summed E-state index contributed by atoms with van der Waals surface area (Å²) in [6, 6.07) is 12.3. The summed E-state index contributed by atoms with van der Waals surface area (Å²) in [7, 11) is 0. The van der Waals surface area contributed by atoms with Gasteiger partial charge in [-0.1, -0.05) is 30.3 Å². The van der Waals surface area contributed by atoms with E-state index in [0.717, 1.165) is 56.1 Å². The van der Waals surface area contributed by atoms with Gasteiger partial charge in [0.15, 0.2) is 0 Å². The van der Waals surface area contributed by atoms with Crippen LogP contribution in [0, 0.1) is 0 Å². The fourth-order valence-electron chi connectivity index (χ4n) is 2.94. The Morgan fingerprint density at radius 1 is 1.04 bits per heavy atom. The van der Waals surface area contributed by atoms with Crippen molar-refractivity contribution in [2.75, 3.05) is 31.6 Å². The van der Waals surface area contributed by atoms with Crippen LogP contribution in [0.2, 0.25) is 0 Å². The second kappa shape index (κ2) is 8.54. The number of rotatable bonds is 5. The molecule has 0 aromatic heterocycles. The molecule has 1 N–H and O–H groups in total. The van der Waals surface area contributed by atoms with Gasteiger partial charge < -0.3 is 10.1 Å². The lowest BCUT2D eigenvalue weighted by Gasteiger charge is -2.26. The number of ether oxygens (including phenoxy) is 1. The van der Waals surface area contributed by atoms with Crippen LogP contribution in [0.1, 0.15) is 16.7 Å². The highest BCUT2D eigenvalue weighted by atomic mass is 19.4. The molecule has 3 rings (SSSR count). The number of hydrogen-bond donors (Lipinski definition) is 1. The molecule has 0 atom stereocenters. The third-order valence-corrected chi connectivity index (χ3v) is 4.37. The van der Waals surface area contributed by atoms with Crippen molar-refractivity contribution in [2.45, 2.75) is 19.1 Å². The van der Waals surface area contributed by atoms with Crippen LogP contribution in [0.15, 0.2) is 48.5 Å². The Kier molecular flexibility index (Phi) is 6.13. The van der Waals surface area contributed by atoms with Crippen molar-refractivity contribution in [1.82, 2.24) is 4.90 Å². The first kappa shape index (κ1) is 19.4. The molecule has 7 heteroatoms. The van der Waals surface area contributed by atoms with Gasteiger partial charge in [0.25, 0.3) is 0 Å². The fourth-order valence-corrected chi connectivity index (χ4v) is 2.94. The Bertz CT molecular complexity index is 770. The zero-order valence-corrected chi connectivity index (χ0v) is 14.8. The Morgan fingerprint density at radius 3 is 2.37 bits per heavy atom. The average Bonchev–Trinajstić information content (AvgIpc) is 2.64. The van der Waals surface area contributed by atoms with Gasteiger partial charge in [0, 0.05) is 25.3 Å². The van der Waals surface area contributed by atoms with Gasteiger partial charge in [-0.25, -0.2) is 0 Å². The van der Waals surface area contributed by atoms with Crippen molar-refractivity contribution in [3.05, 3.63) is 65.2 Å². The maximum Gasteiger partial charge on any atom is 0.416 e. The van der Waals surface area contributed by atoms with Crippen molar-refractivity contribution in [3.63, 3.8) is 0 Å². The zero-order valence-electron chi connectivity index (χ0n) is 14.8. The molecule has 2 aromatic rings. The Labute approximate surface area is 155 Å². The van der Waals surface area contributed by atoms with E-state index >= 15 is 0 Å². The van der Waals surface area contributed by atoms with Gasteiger partial charge in [0.1, 0.15) is 0 Å². The van der Waals surface area contributed by atoms with Crippen LogP contribution in [-0.2, 0) is 28.7 Å². The smallest absolute Gasteiger partial charge is 0.379 e. The van der Waals surface area contributed by atoms with Crippen molar-refractivity contribution in [2.24, 2.45) is 0 Å². The zero-order chi connectivity index (χ0) is 19.3. The van der Waals surface area contributed by atoms with E-state index in [1.54, 1.807) is 0 Å². The number of halogens is 3. The predicted molar refractivity (Wildman–Crippen MR) is 96.3 cm³/mol. The molecule has 27 heavy (non-hydrogen) atoms. The van der Waals surface area contributed by atoms with Crippen LogP contribution >= 0.6 is 0 Å². The van der Waals surface area contributed by atoms with Crippen LogP contribution in [0.3, 0.4) is 0 Å². The van der Waals surface area contributed by atoms with Gasteiger partial charge >= 0.3 is 6.18 Å². The molecule has 1 amide bonds. The largest absolute Gasteiger partial charge is 0.416 e. The number of morpholine rings is 1. The van der Waals surface area contributed by atoms with Crippen LogP contribution in [0.4, 0.5) is 18.9 Å². The molecule has 0 saturated carbocycles. The van der Waals surface area contributed by atoms with Crippen molar-refractivity contribution in [1.29, 1.82) is 0 Å². The van der Waals surface area contributed by atoms with Gasteiger partial charge in [0.05, 0.1) is 25.2 Å². The third-order valence-electron chi connectivity index (χ3n) is 4.37. The quantitative estimate of drug-likeness (QED) is 0.862. The monoisotopic (exact) mass is 378 g/mol. The number of benzene rings is 2. The molecule has 0 unspecified atom stereocenters. The highest BCUT2D eigenvalue weighted by Gasteiger charge is 2.30. The molecule has 0 spiro atoms. The number of alkyl halides is 3. The number of amides is 1. The topological polar surface area (TPSA) is 41.6 Å². The van der Waals surface area contributed by atoms with Gasteiger partial charge in [-0.05, 0) is 29.3 Å². The molecule has 1 fully saturated rings. The van der Waals surface area contributed by atoms with Gasteiger partial charge in [-0.3, -0.25) is 9.69 Å². The van der Waals surface area contributed by atoms with Gasteiger partial charge in [-0.15, -0.1) is 0 Å². The summed E-state index contributed by atoms with van der Waals surface area (Å²) in [5, 5.41) is 2.52. The number of anilines is 1. The molecule has 1 heterocycles. The lowest BCUT2D eigenvalue weighted by molar-refractivity contribution is -0.137. The number of nitrogens with one attached hydrogen (secondary N) is 1. The lowest BCUT2D eigenvalue weighted by atomic mass is 10.1. The van der Waals surface area contributed by atoms with E-state index in [1.165, 1.54) is 12.1 Å². The molecular formula is C20H21F3N2O2. The number of hydrogen-bond acceptors (Lipinski definition) is 3. The molecule has 1 saturated heterocycles. The third kappa shape index (κ3) is 5.80. The fraction of sp³-hybridized carbons (Fsp3) is 0.350. The van der Waals surface area contributed by atoms with E-state index in [9.17, 15) is 18.0 Å². The summed E-state index contributed by atoms with van der Waals surface area (Å²) in [4.78, 5) is 14.4. The van der Waals surface area contributed by atoms with Gasteiger partial charge in [-0.2, -0.15) is 13.2 Å². The first-order valence-corrected chi connectivity index (χ1v) is 8.75. The molecule has 0 bridgehead atoms. The van der Waals surface area contributed by atoms with Crippen LogP contribution < -0.4 is 5.32 Å². The maximum atomic E-state index is 12.7. The minimum Gasteiger partial charge on any atom is -0.379 e. The SMILES string of the molecule is O=C(Cc1ccc(CN2CCOCC2)cc1)Nc1cccc(C(F)(F)F)c1. The second-order valence-electron chi connectivity index (χ2n) is 6.51. The van der Waals surface area contributed by atoms with E-state index in [4.69, 9.17) is 4.74 Å². The first-order valence-electron chi connectivity index (χ1n) is 8.75. The molecule has 1 aliphatic heterocycles. The molecule has 0 radical (unpaired) electrons. The van der Waals surface area contributed by atoms with E-state index in [-0.39, 0.29) is 18.0 Å². The minimum absolute atomic E-state index is 0.105. The number of nitrogens with zero attached hydrogens (tertiary/aromatic N) is 1. The summed E-state index contributed by atoms with van der Waals surface area (Å²) in [6.07, 6.45) is -4.33. The summed E-state index contributed by atoms with van der Waals surface area (Å²) in [5.74, 6) is -0.352. The molecular weight excluding hydrogens is 357 g/mol. The first-order chi connectivity index (χ1) is 12.9. The van der Waals surface area contributed by atoms with Crippen LogP contribution in [0.5, 0.6) is 0 Å². The number of carbonyl (C=O) groups is 1. The van der Waals surface area contributed by atoms with Crippen LogP contribution in [-0.4, -0.2) is 37.1 Å². The highest BCUT2D eigenvalue weighted by molar-refractivity contribution is 5.92. The standard InChI is InChI=1S/C20H21F3N2O2/c21-20(22,23)17-2-1-3-18(13-17)24-19(26)12-15-4-6-16(7-5-15)14-25-8-10-27-11-9-25/h1-7,13H,8-12,14H2,(H,24,26). The van der Waals surface area contributed by atoms with Gasteiger partial charge in [0.2, 0.25) is 5.91 Å². The number of carbonyl (C=O) groups excluding carboxylic acids is 1. The molecule has 144 valence electrons. The van der Waals surface area contributed by atoms with Crippen LogP contribution in [0.25, 0.3) is 0 Å². The normalized spacial score (nSPS) is 15.5. The van der Waals surface area contributed by atoms with Crippen molar-refractivity contribution < 1.29 is 22.7 Å². The Balaban J connectivity index is 1.55.